The van der Waals surface area contributed by atoms with Crippen LogP contribution < -0.4 is 5.73 Å². The summed E-state index contributed by atoms with van der Waals surface area (Å²) in [6.45, 7) is 4.54. The van der Waals surface area contributed by atoms with Gasteiger partial charge in [0.1, 0.15) is 0 Å². The highest BCUT2D eigenvalue weighted by Gasteiger charge is 2.30. The van der Waals surface area contributed by atoms with Gasteiger partial charge in [0.15, 0.2) is 0 Å². The number of rotatable bonds is 0. The van der Waals surface area contributed by atoms with E-state index in [1.165, 1.54) is 11.1 Å². The standard InChI is InChI=1S/C12H16ClN/c1-12(2)6-5-11(14)9-7-8(13)3-4-10(9)12/h3-4,7,11H,5-6,14H2,1-2H3. The van der Waals surface area contributed by atoms with Gasteiger partial charge < -0.3 is 5.73 Å². The lowest BCUT2D eigenvalue weighted by molar-refractivity contribution is 0.396. The van der Waals surface area contributed by atoms with Crippen molar-refractivity contribution in [2.75, 3.05) is 0 Å². The van der Waals surface area contributed by atoms with Gasteiger partial charge in [-0.25, -0.2) is 0 Å². The summed E-state index contributed by atoms with van der Waals surface area (Å²) in [4.78, 5) is 0. The van der Waals surface area contributed by atoms with Crippen molar-refractivity contribution >= 4 is 11.6 Å². The fourth-order valence-electron chi connectivity index (χ4n) is 2.26. The van der Waals surface area contributed by atoms with Crippen molar-refractivity contribution in [2.24, 2.45) is 5.73 Å². The molecule has 0 saturated carbocycles. The number of hydrogen-bond donors (Lipinski definition) is 1. The molecule has 1 unspecified atom stereocenters. The minimum absolute atomic E-state index is 0.164. The molecule has 1 atom stereocenters. The predicted octanol–water partition coefficient (Wildman–Crippen LogP) is 3.41. The van der Waals surface area contributed by atoms with Crippen LogP contribution in [0, 0.1) is 0 Å². The molecule has 1 aliphatic carbocycles. The molecular formula is C12H16ClN. The summed E-state index contributed by atoms with van der Waals surface area (Å²) in [5.41, 5.74) is 8.92. The van der Waals surface area contributed by atoms with E-state index in [0.717, 1.165) is 17.9 Å². The van der Waals surface area contributed by atoms with Crippen LogP contribution in [0.3, 0.4) is 0 Å². The van der Waals surface area contributed by atoms with Crippen molar-refractivity contribution in [3.8, 4) is 0 Å². The molecular weight excluding hydrogens is 194 g/mol. The van der Waals surface area contributed by atoms with Gasteiger partial charge in [0.05, 0.1) is 0 Å². The van der Waals surface area contributed by atoms with Crippen molar-refractivity contribution < 1.29 is 0 Å². The molecule has 0 bridgehead atoms. The lowest BCUT2D eigenvalue weighted by atomic mass is 9.71. The molecule has 1 nitrogen and oxygen atoms in total. The van der Waals surface area contributed by atoms with Crippen LogP contribution in [0.1, 0.15) is 43.9 Å². The largest absolute Gasteiger partial charge is 0.324 e. The monoisotopic (exact) mass is 209 g/mol. The fourth-order valence-corrected chi connectivity index (χ4v) is 2.44. The highest BCUT2D eigenvalue weighted by molar-refractivity contribution is 6.30. The molecule has 0 fully saturated rings. The number of hydrogen-bond acceptors (Lipinski definition) is 1. The number of benzene rings is 1. The smallest absolute Gasteiger partial charge is 0.0409 e. The summed E-state index contributed by atoms with van der Waals surface area (Å²) in [5, 5.41) is 0.789. The van der Waals surface area contributed by atoms with E-state index in [2.05, 4.69) is 19.9 Å². The Balaban J connectivity index is 2.57. The second kappa shape index (κ2) is 3.25. The van der Waals surface area contributed by atoms with Crippen molar-refractivity contribution in [2.45, 2.75) is 38.1 Å². The average Bonchev–Trinajstić information content (AvgIpc) is 2.12. The molecule has 0 heterocycles. The molecule has 1 aromatic rings. The van der Waals surface area contributed by atoms with E-state index in [1.54, 1.807) is 0 Å². The van der Waals surface area contributed by atoms with E-state index < -0.39 is 0 Å². The maximum absolute atomic E-state index is 6.08. The molecule has 1 aliphatic rings. The molecule has 0 aliphatic heterocycles. The van der Waals surface area contributed by atoms with Crippen LogP contribution in [-0.4, -0.2) is 0 Å². The van der Waals surface area contributed by atoms with E-state index >= 15 is 0 Å². The topological polar surface area (TPSA) is 26.0 Å². The normalized spacial score (nSPS) is 24.4. The minimum atomic E-state index is 0.164. The van der Waals surface area contributed by atoms with Crippen LogP contribution in [-0.2, 0) is 5.41 Å². The van der Waals surface area contributed by atoms with Gasteiger partial charge >= 0.3 is 0 Å². The van der Waals surface area contributed by atoms with Crippen LogP contribution >= 0.6 is 11.6 Å². The van der Waals surface area contributed by atoms with E-state index in [9.17, 15) is 0 Å². The zero-order chi connectivity index (χ0) is 10.3. The van der Waals surface area contributed by atoms with Gasteiger partial charge in [-0.2, -0.15) is 0 Å². The number of nitrogens with two attached hydrogens (primary N) is 1. The van der Waals surface area contributed by atoms with Crippen LogP contribution in [0.4, 0.5) is 0 Å². The van der Waals surface area contributed by atoms with Gasteiger partial charge in [0, 0.05) is 11.1 Å². The van der Waals surface area contributed by atoms with Crippen LogP contribution in [0.5, 0.6) is 0 Å². The summed E-state index contributed by atoms with van der Waals surface area (Å²) in [6, 6.07) is 6.26. The first kappa shape index (κ1) is 10.0. The lowest BCUT2D eigenvalue weighted by Gasteiger charge is -2.35. The molecule has 0 radical (unpaired) electrons. The van der Waals surface area contributed by atoms with Gasteiger partial charge in [-0.05, 0) is 41.5 Å². The molecule has 0 spiro atoms. The Bertz CT molecular complexity index is 357. The summed E-state index contributed by atoms with van der Waals surface area (Å²) in [7, 11) is 0. The Morgan fingerprint density at radius 1 is 1.43 bits per heavy atom. The molecule has 0 saturated heterocycles. The Kier molecular flexibility index (Phi) is 2.32. The average molecular weight is 210 g/mol. The first-order valence-corrected chi connectivity index (χ1v) is 5.44. The van der Waals surface area contributed by atoms with Crippen molar-refractivity contribution in [1.29, 1.82) is 0 Å². The molecule has 2 rings (SSSR count). The van der Waals surface area contributed by atoms with E-state index in [0.29, 0.717) is 0 Å². The minimum Gasteiger partial charge on any atom is -0.324 e. The Hall–Kier alpha value is -0.530. The quantitative estimate of drug-likeness (QED) is 0.696. The van der Waals surface area contributed by atoms with Gasteiger partial charge in [-0.15, -0.1) is 0 Å². The summed E-state index contributed by atoms with van der Waals surface area (Å²) in [5.74, 6) is 0. The maximum Gasteiger partial charge on any atom is 0.0409 e. The van der Waals surface area contributed by atoms with Crippen molar-refractivity contribution in [1.82, 2.24) is 0 Å². The second-order valence-corrected chi connectivity index (χ2v) is 5.20. The van der Waals surface area contributed by atoms with E-state index in [4.69, 9.17) is 17.3 Å². The SMILES string of the molecule is CC1(C)CCC(N)c2cc(Cl)ccc21. The Labute approximate surface area is 90.3 Å². The Morgan fingerprint density at radius 3 is 2.86 bits per heavy atom. The zero-order valence-corrected chi connectivity index (χ0v) is 9.43. The van der Waals surface area contributed by atoms with Gasteiger partial charge in [0.25, 0.3) is 0 Å². The molecule has 2 N–H and O–H groups in total. The van der Waals surface area contributed by atoms with Crippen LogP contribution in [0.25, 0.3) is 0 Å². The summed E-state index contributed by atoms with van der Waals surface area (Å²) >= 11 is 5.98. The lowest BCUT2D eigenvalue weighted by Crippen LogP contribution is -2.29. The van der Waals surface area contributed by atoms with Crippen molar-refractivity contribution in [3.05, 3.63) is 34.3 Å². The molecule has 0 amide bonds. The van der Waals surface area contributed by atoms with Crippen molar-refractivity contribution in [3.63, 3.8) is 0 Å². The van der Waals surface area contributed by atoms with Crippen LogP contribution in [0.2, 0.25) is 5.02 Å². The Morgan fingerprint density at radius 2 is 2.14 bits per heavy atom. The zero-order valence-electron chi connectivity index (χ0n) is 8.68. The molecule has 14 heavy (non-hydrogen) atoms. The van der Waals surface area contributed by atoms with Gasteiger partial charge in [-0.3, -0.25) is 0 Å². The number of halogens is 1. The number of fused-ring (bicyclic) bond motifs is 1. The molecule has 76 valence electrons. The third-order valence-electron chi connectivity index (χ3n) is 3.22. The maximum atomic E-state index is 6.08. The third kappa shape index (κ3) is 1.55. The fraction of sp³-hybridized carbons (Fsp3) is 0.500. The van der Waals surface area contributed by atoms with Gasteiger partial charge in [-0.1, -0.05) is 31.5 Å². The molecule has 1 aromatic carbocycles. The summed E-state index contributed by atoms with van der Waals surface area (Å²) < 4.78 is 0. The molecule has 2 heteroatoms. The summed E-state index contributed by atoms with van der Waals surface area (Å²) in [6.07, 6.45) is 2.21. The second-order valence-electron chi connectivity index (χ2n) is 4.76. The predicted molar refractivity (Wildman–Crippen MR) is 60.6 cm³/mol. The highest BCUT2D eigenvalue weighted by Crippen LogP contribution is 2.41. The van der Waals surface area contributed by atoms with Gasteiger partial charge in [0.2, 0.25) is 0 Å². The third-order valence-corrected chi connectivity index (χ3v) is 3.46. The first-order valence-electron chi connectivity index (χ1n) is 5.06. The highest BCUT2D eigenvalue weighted by atomic mass is 35.5. The first-order chi connectivity index (χ1) is 6.50. The van der Waals surface area contributed by atoms with Crippen LogP contribution in [0.15, 0.2) is 18.2 Å². The van der Waals surface area contributed by atoms with E-state index in [1.807, 2.05) is 12.1 Å². The molecule has 0 aromatic heterocycles. The van der Waals surface area contributed by atoms with E-state index in [-0.39, 0.29) is 11.5 Å².